The Morgan fingerprint density at radius 2 is 1.87 bits per heavy atom. The molecule has 8 heteroatoms. The zero-order valence-electron chi connectivity index (χ0n) is 18.2. The SMILES string of the molecule is COc1ccc(OC)c(NC(=S)N(Cc2ccc3c(c2)OCO3)C2CCN(C)CC2)c1. The number of hydrogen-bond donors (Lipinski definition) is 1. The molecule has 2 aliphatic rings. The fourth-order valence-electron chi connectivity index (χ4n) is 4.01. The third-order valence-corrected chi connectivity index (χ3v) is 6.16. The van der Waals surface area contributed by atoms with Crippen molar-refractivity contribution in [2.75, 3.05) is 46.5 Å². The molecule has 31 heavy (non-hydrogen) atoms. The first-order valence-corrected chi connectivity index (χ1v) is 10.8. The second-order valence-electron chi connectivity index (χ2n) is 7.85. The van der Waals surface area contributed by atoms with Gasteiger partial charge in [0.1, 0.15) is 11.5 Å². The molecular formula is C23H29N3O4S. The molecule has 1 N–H and O–H groups in total. The van der Waals surface area contributed by atoms with Crippen LogP contribution < -0.4 is 24.3 Å². The number of hydrogen-bond acceptors (Lipinski definition) is 6. The van der Waals surface area contributed by atoms with Crippen LogP contribution in [0, 0.1) is 0 Å². The van der Waals surface area contributed by atoms with Crippen molar-refractivity contribution < 1.29 is 18.9 Å². The van der Waals surface area contributed by atoms with Gasteiger partial charge in [0, 0.05) is 18.7 Å². The number of anilines is 1. The largest absolute Gasteiger partial charge is 0.497 e. The van der Waals surface area contributed by atoms with Crippen LogP contribution in [-0.2, 0) is 6.54 Å². The van der Waals surface area contributed by atoms with Gasteiger partial charge in [0.05, 0.1) is 19.9 Å². The topological polar surface area (TPSA) is 55.4 Å². The van der Waals surface area contributed by atoms with E-state index in [0.717, 1.165) is 60.2 Å². The molecule has 1 fully saturated rings. The van der Waals surface area contributed by atoms with Gasteiger partial charge in [0.2, 0.25) is 6.79 Å². The first kappa shape index (κ1) is 21.5. The van der Waals surface area contributed by atoms with Crippen molar-refractivity contribution in [2.24, 2.45) is 0 Å². The minimum atomic E-state index is 0.271. The molecule has 0 spiro atoms. The number of ether oxygens (including phenoxy) is 4. The Morgan fingerprint density at radius 3 is 2.61 bits per heavy atom. The van der Waals surface area contributed by atoms with Gasteiger partial charge in [-0.15, -0.1) is 0 Å². The highest BCUT2D eigenvalue weighted by atomic mass is 32.1. The standard InChI is InChI=1S/C23H29N3O4S/c1-25-10-8-17(9-11-25)26(14-16-4-6-21-22(12-16)30-15-29-21)23(31)24-19-13-18(27-2)5-7-20(19)28-3/h4-7,12-13,17H,8-11,14-15H2,1-3H3,(H,24,31). The molecule has 4 rings (SSSR count). The number of nitrogens with one attached hydrogen (secondary N) is 1. The van der Waals surface area contributed by atoms with Crippen molar-refractivity contribution in [3.63, 3.8) is 0 Å². The predicted octanol–water partition coefficient (Wildman–Crippen LogP) is 3.73. The van der Waals surface area contributed by atoms with Crippen LogP contribution in [0.3, 0.4) is 0 Å². The number of fused-ring (bicyclic) bond motifs is 1. The molecule has 0 radical (unpaired) electrons. The van der Waals surface area contributed by atoms with Crippen LogP contribution >= 0.6 is 12.2 Å². The summed E-state index contributed by atoms with van der Waals surface area (Å²) >= 11 is 5.90. The van der Waals surface area contributed by atoms with Crippen molar-refractivity contribution in [1.82, 2.24) is 9.80 Å². The molecule has 2 aromatic rings. The Hall–Kier alpha value is -2.71. The molecule has 1 saturated heterocycles. The number of rotatable bonds is 6. The minimum Gasteiger partial charge on any atom is -0.497 e. The van der Waals surface area contributed by atoms with E-state index in [4.69, 9.17) is 31.2 Å². The maximum atomic E-state index is 5.90. The van der Waals surface area contributed by atoms with E-state index < -0.39 is 0 Å². The van der Waals surface area contributed by atoms with Gasteiger partial charge in [-0.3, -0.25) is 0 Å². The van der Waals surface area contributed by atoms with Crippen molar-refractivity contribution >= 4 is 23.0 Å². The van der Waals surface area contributed by atoms with Gasteiger partial charge in [-0.25, -0.2) is 0 Å². The third kappa shape index (κ3) is 4.97. The van der Waals surface area contributed by atoms with Gasteiger partial charge in [-0.05, 0) is 75.0 Å². The van der Waals surface area contributed by atoms with Gasteiger partial charge in [0.25, 0.3) is 0 Å². The van der Waals surface area contributed by atoms with Gasteiger partial charge in [-0.2, -0.15) is 0 Å². The number of thiocarbonyl (C=S) groups is 1. The number of benzene rings is 2. The van der Waals surface area contributed by atoms with Gasteiger partial charge in [0.15, 0.2) is 16.6 Å². The molecule has 0 bridgehead atoms. The van der Waals surface area contributed by atoms with E-state index in [1.807, 2.05) is 30.3 Å². The second-order valence-corrected chi connectivity index (χ2v) is 8.23. The summed E-state index contributed by atoms with van der Waals surface area (Å²) in [7, 11) is 5.46. The van der Waals surface area contributed by atoms with E-state index in [1.165, 1.54) is 0 Å². The predicted molar refractivity (Wildman–Crippen MR) is 124 cm³/mol. The van der Waals surface area contributed by atoms with Crippen LogP contribution in [0.15, 0.2) is 36.4 Å². The van der Waals surface area contributed by atoms with Crippen LogP contribution in [0.4, 0.5) is 5.69 Å². The molecule has 0 aliphatic carbocycles. The Bertz CT molecular complexity index is 931. The van der Waals surface area contributed by atoms with Crippen molar-refractivity contribution in [1.29, 1.82) is 0 Å². The van der Waals surface area contributed by atoms with E-state index in [2.05, 4.69) is 28.2 Å². The molecule has 0 aromatic heterocycles. The van der Waals surface area contributed by atoms with E-state index >= 15 is 0 Å². The molecule has 2 aliphatic heterocycles. The Labute approximate surface area is 188 Å². The summed E-state index contributed by atoms with van der Waals surface area (Å²) in [5, 5.41) is 4.07. The molecule has 0 saturated carbocycles. The van der Waals surface area contributed by atoms with E-state index in [9.17, 15) is 0 Å². The number of methoxy groups -OCH3 is 2. The maximum Gasteiger partial charge on any atom is 0.231 e. The van der Waals surface area contributed by atoms with Gasteiger partial charge < -0.3 is 34.1 Å². The van der Waals surface area contributed by atoms with Crippen LogP contribution in [0.5, 0.6) is 23.0 Å². The quantitative estimate of drug-likeness (QED) is 0.678. The summed E-state index contributed by atoms with van der Waals surface area (Å²) in [5.74, 6) is 3.04. The van der Waals surface area contributed by atoms with Gasteiger partial charge >= 0.3 is 0 Å². The highest BCUT2D eigenvalue weighted by molar-refractivity contribution is 7.80. The lowest BCUT2D eigenvalue weighted by Crippen LogP contribution is -2.47. The summed E-state index contributed by atoms with van der Waals surface area (Å²) in [6.07, 6.45) is 2.11. The zero-order chi connectivity index (χ0) is 21.8. The lowest BCUT2D eigenvalue weighted by Gasteiger charge is -2.39. The minimum absolute atomic E-state index is 0.271. The molecule has 0 atom stereocenters. The Balaban J connectivity index is 1.57. The highest BCUT2D eigenvalue weighted by Gasteiger charge is 2.26. The highest BCUT2D eigenvalue weighted by Crippen LogP contribution is 2.34. The molecule has 0 amide bonds. The first-order valence-electron chi connectivity index (χ1n) is 10.4. The molecule has 2 heterocycles. The number of likely N-dealkylation sites (tertiary alicyclic amines) is 1. The summed E-state index contributed by atoms with van der Waals surface area (Å²) in [4.78, 5) is 4.63. The average molecular weight is 444 g/mol. The number of nitrogens with zero attached hydrogens (tertiary/aromatic N) is 2. The summed E-state index contributed by atoms with van der Waals surface area (Å²) < 4.78 is 21.9. The molecular weight excluding hydrogens is 414 g/mol. The van der Waals surface area contributed by atoms with E-state index in [1.54, 1.807) is 14.2 Å². The molecule has 166 valence electrons. The summed E-state index contributed by atoms with van der Waals surface area (Å²) in [6.45, 7) is 3.05. The fourth-order valence-corrected chi connectivity index (χ4v) is 4.33. The second kappa shape index (κ2) is 9.62. The smallest absolute Gasteiger partial charge is 0.231 e. The summed E-state index contributed by atoms with van der Waals surface area (Å²) in [5.41, 5.74) is 1.92. The van der Waals surface area contributed by atoms with Crippen LogP contribution in [0.25, 0.3) is 0 Å². The normalized spacial score (nSPS) is 16.1. The fraction of sp³-hybridized carbons (Fsp3) is 0.435. The van der Waals surface area contributed by atoms with Gasteiger partial charge in [-0.1, -0.05) is 6.07 Å². The van der Waals surface area contributed by atoms with Crippen LogP contribution in [0.2, 0.25) is 0 Å². The van der Waals surface area contributed by atoms with Crippen molar-refractivity contribution in [3.05, 3.63) is 42.0 Å². The van der Waals surface area contributed by atoms with Crippen molar-refractivity contribution in [2.45, 2.75) is 25.4 Å². The van der Waals surface area contributed by atoms with E-state index in [-0.39, 0.29) is 6.79 Å². The monoisotopic (exact) mass is 443 g/mol. The Morgan fingerprint density at radius 1 is 1.10 bits per heavy atom. The first-order chi connectivity index (χ1) is 15.1. The average Bonchev–Trinajstić information content (AvgIpc) is 3.26. The zero-order valence-corrected chi connectivity index (χ0v) is 19.0. The van der Waals surface area contributed by atoms with Crippen LogP contribution in [-0.4, -0.2) is 62.1 Å². The van der Waals surface area contributed by atoms with Crippen molar-refractivity contribution in [3.8, 4) is 23.0 Å². The summed E-state index contributed by atoms with van der Waals surface area (Å²) in [6, 6.07) is 12.1. The Kier molecular flexibility index (Phi) is 6.67. The molecule has 0 unspecified atom stereocenters. The lowest BCUT2D eigenvalue weighted by atomic mass is 10.0. The van der Waals surface area contributed by atoms with E-state index in [0.29, 0.717) is 17.7 Å². The third-order valence-electron chi connectivity index (χ3n) is 5.83. The molecule has 7 nitrogen and oxygen atoms in total. The molecule has 2 aromatic carbocycles. The van der Waals surface area contributed by atoms with Crippen LogP contribution in [0.1, 0.15) is 18.4 Å². The number of piperidine rings is 1. The lowest BCUT2D eigenvalue weighted by molar-refractivity contribution is 0.172. The maximum absolute atomic E-state index is 5.90.